The highest BCUT2D eigenvalue weighted by atomic mass is 16.3. The summed E-state index contributed by atoms with van der Waals surface area (Å²) in [6.07, 6.45) is 7.97. The normalized spacial score (nSPS) is 14.6. The van der Waals surface area contributed by atoms with Crippen LogP contribution in [-0.4, -0.2) is 33.6 Å². The average Bonchev–Trinajstić information content (AvgIpc) is 2.42. The molecule has 0 aromatic heterocycles. The Morgan fingerprint density at radius 1 is 1.00 bits per heavy atom. The maximum absolute atomic E-state index is 9.51. The lowest BCUT2D eigenvalue weighted by molar-refractivity contribution is 0.0678. The molecule has 0 rings (SSSR count). The number of hydrogen-bond donors (Lipinski definition) is 3. The molecule has 0 amide bonds. The Labute approximate surface area is 122 Å². The van der Waals surface area contributed by atoms with Crippen molar-refractivity contribution in [2.24, 2.45) is 0 Å². The average molecular weight is 276 g/mol. The molecule has 0 fully saturated rings. The smallest absolute Gasteiger partial charge is 0.141 e. The number of hydrogen-bond acceptors (Lipinski definition) is 3. The Hall–Kier alpha value is -1.52. The second-order valence-corrected chi connectivity index (χ2v) is 4.52. The van der Waals surface area contributed by atoms with Gasteiger partial charge in [0.1, 0.15) is 12.2 Å². The first-order valence-electron chi connectivity index (χ1n) is 6.90. The van der Waals surface area contributed by atoms with E-state index in [1.165, 1.54) is 6.92 Å². The zero-order chi connectivity index (χ0) is 15.2. The van der Waals surface area contributed by atoms with E-state index in [4.69, 9.17) is 5.11 Å². The van der Waals surface area contributed by atoms with Crippen molar-refractivity contribution < 1.29 is 15.3 Å². The van der Waals surface area contributed by atoms with Gasteiger partial charge in [-0.1, -0.05) is 30.4 Å². The first-order valence-corrected chi connectivity index (χ1v) is 6.90. The molecular formula is C17H24O3. The van der Waals surface area contributed by atoms with Crippen molar-refractivity contribution in [1.29, 1.82) is 0 Å². The maximum atomic E-state index is 9.51. The minimum Gasteiger partial charge on any atom is -0.390 e. The molecule has 0 bridgehead atoms. The van der Waals surface area contributed by atoms with E-state index in [-0.39, 0.29) is 0 Å². The number of aliphatic hydroxyl groups excluding tert-OH is 3. The SMILES string of the molecule is C=CCCCCC/C=C/[C@H](O)C#CC#C[C@@H](O)[C@H](C)O. The highest BCUT2D eigenvalue weighted by Gasteiger charge is 2.04. The first-order chi connectivity index (χ1) is 9.57. The molecule has 0 aliphatic rings. The van der Waals surface area contributed by atoms with Gasteiger partial charge in [-0.15, -0.1) is 6.58 Å². The Morgan fingerprint density at radius 3 is 2.30 bits per heavy atom. The first kappa shape index (κ1) is 18.5. The molecule has 0 radical (unpaired) electrons. The number of rotatable bonds is 8. The van der Waals surface area contributed by atoms with Gasteiger partial charge in [0.05, 0.1) is 6.10 Å². The van der Waals surface area contributed by atoms with Crippen LogP contribution in [0, 0.1) is 23.7 Å². The van der Waals surface area contributed by atoms with Crippen LogP contribution in [0.25, 0.3) is 0 Å². The monoisotopic (exact) mass is 276 g/mol. The van der Waals surface area contributed by atoms with Crippen LogP contribution < -0.4 is 0 Å². The van der Waals surface area contributed by atoms with Gasteiger partial charge < -0.3 is 15.3 Å². The van der Waals surface area contributed by atoms with Crippen molar-refractivity contribution in [2.75, 3.05) is 0 Å². The third kappa shape index (κ3) is 11.6. The van der Waals surface area contributed by atoms with Crippen LogP contribution in [0.5, 0.6) is 0 Å². The van der Waals surface area contributed by atoms with E-state index in [9.17, 15) is 10.2 Å². The summed E-state index contributed by atoms with van der Waals surface area (Å²) in [5.41, 5.74) is 0. The summed E-state index contributed by atoms with van der Waals surface area (Å²) in [6, 6.07) is 0. The van der Waals surface area contributed by atoms with Gasteiger partial charge in [0.15, 0.2) is 0 Å². The Kier molecular flexibility index (Phi) is 11.6. The van der Waals surface area contributed by atoms with Gasteiger partial charge in [0.2, 0.25) is 0 Å². The van der Waals surface area contributed by atoms with E-state index >= 15 is 0 Å². The van der Waals surface area contributed by atoms with Crippen LogP contribution in [-0.2, 0) is 0 Å². The molecule has 3 nitrogen and oxygen atoms in total. The number of aliphatic hydroxyl groups is 3. The van der Waals surface area contributed by atoms with Gasteiger partial charge in [-0.2, -0.15) is 0 Å². The summed E-state index contributed by atoms with van der Waals surface area (Å²) in [6.45, 7) is 5.11. The third-order valence-corrected chi connectivity index (χ3v) is 2.56. The summed E-state index contributed by atoms with van der Waals surface area (Å²) >= 11 is 0. The van der Waals surface area contributed by atoms with E-state index in [2.05, 4.69) is 30.3 Å². The molecule has 0 heterocycles. The largest absolute Gasteiger partial charge is 0.390 e. The molecule has 0 aliphatic carbocycles. The quantitative estimate of drug-likeness (QED) is 0.360. The molecule has 0 saturated heterocycles. The Morgan fingerprint density at radius 2 is 1.65 bits per heavy atom. The van der Waals surface area contributed by atoms with Crippen molar-refractivity contribution in [3.8, 4) is 23.7 Å². The summed E-state index contributed by atoms with van der Waals surface area (Å²) in [5, 5.41) is 27.7. The van der Waals surface area contributed by atoms with Crippen molar-refractivity contribution in [3.63, 3.8) is 0 Å². The van der Waals surface area contributed by atoms with Crippen molar-refractivity contribution in [3.05, 3.63) is 24.8 Å². The Bertz CT molecular complexity index is 401. The zero-order valence-corrected chi connectivity index (χ0v) is 12.0. The van der Waals surface area contributed by atoms with Gasteiger partial charge in [-0.05, 0) is 50.5 Å². The van der Waals surface area contributed by atoms with Gasteiger partial charge in [0, 0.05) is 0 Å². The molecule has 20 heavy (non-hydrogen) atoms. The van der Waals surface area contributed by atoms with Crippen LogP contribution in [0.4, 0.5) is 0 Å². The predicted molar refractivity (Wildman–Crippen MR) is 81.7 cm³/mol. The van der Waals surface area contributed by atoms with E-state index in [1.54, 1.807) is 6.08 Å². The fraction of sp³-hybridized carbons (Fsp3) is 0.529. The van der Waals surface area contributed by atoms with E-state index in [0.717, 1.165) is 32.1 Å². The Balaban J connectivity index is 3.87. The van der Waals surface area contributed by atoms with Crippen LogP contribution in [0.15, 0.2) is 24.8 Å². The highest BCUT2D eigenvalue weighted by molar-refractivity contribution is 5.30. The minimum absolute atomic E-state index is 0.846. The van der Waals surface area contributed by atoms with Crippen molar-refractivity contribution in [1.82, 2.24) is 0 Å². The second kappa shape index (κ2) is 12.5. The van der Waals surface area contributed by atoms with Gasteiger partial charge in [0.25, 0.3) is 0 Å². The van der Waals surface area contributed by atoms with Gasteiger partial charge >= 0.3 is 0 Å². The maximum Gasteiger partial charge on any atom is 0.141 e. The van der Waals surface area contributed by atoms with Gasteiger partial charge in [-0.25, -0.2) is 0 Å². The molecule has 0 spiro atoms. The summed E-state index contributed by atoms with van der Waals surface area (Å²) < 4.78 is 0. The lowest BCUT2D eigenvalue weighted by Gasteiger charge is -2.03. The van der Waals surface area contributed by atoms with Crippen LogP contribution in [0.2, 0.25) is 0 Å². The van der Waals surface area contributed by atoms with E-state index in [0.29, 0.717) is 0 Å². The summed E-state index contributed by atoms with van der Waals surface area (Å²) in [4.78, 5) is 0. The topological polar surface area (TPSA) is 60.7 Å². The number of allylic oxidation sites excluding steroid dienone is 2. The van der Waals surface area contributed by atoms with Crippen LogP contribution in [0.1, 0.15) is 39.0 Å². The molecule has 0 aromatic carbocycles. The lowest BCUT2D eigenvalue weighted by atomic mass is 10.1. The van der Waals surface area contributed by atoms with Gasteiger partial charge in [-0.3, -0.25) is 0 Å². The van der Waals surface area contributed by atoms with Crippen LogP contribution in [0.3, 0.4) is 0 Å². The fourth-order valence-electron chi connectivity index (χ4n) is 1.34. The molecule has 0 saturated carbocycles. The molecule has 0 aliphatic heterocycles. The molecule has 0 aromatic rings. The van der Waals surface area contributed by atoms with Crippen LogP contribution >= 0.6 is 0 Å². The summed E-state index contributed by atoms with van der Waals surface area (Å²) in [7, 11) is 0. The predicted octanol–water partition coefficient (Wildman–Crippen LogP) is 1.79. The number of unbranched alkanes of at least 4 members (excludes halogenated alkanes) is 4. The molecule has 3 heteroatoms. The molecule has 0 unspecified atom stereocenters. The molecular weight excluding hydrogens is 252 g/mol. The summed E-state index contributed by atoms with van der Waals surface area (Å²) in [5.74, 6) is 9.74. The third-order valence-electron chi connectivity index (χ3n) is 2.56. The fourth-order valence-corrected chi connectivity index (χ4v) is 1.34. The molecule has 110 valence electrons. The minimum atomic E-state index is -1.10. The van der Waals surface area contributed by atoms with E-state index in [1.807, 2.05) is 12.2 Å². The highest BCUT2D eigenvalue weighted by Crippen LogP contribution is 2.04. The zero-order valence-electron chi connectivity index (χ0n) is 12.0. The van der Waals surface area contributed by atoms with Crippen molar-refractivity contribution >= 4 is 0 Å². The van der Waals surface area contributed by atoms with E-state index < -0.39 is 18.3 Å². The molecule has 3 N–H and O–H groups in total. The van der Waals surface area contributed by atoms with Crippen molar-refractivity contribution in [2.45, 2.75) is 57.3 Å². The second-order valence-electron chi connectivity index (χ2n) is 4.52. The lowest BCUT2D eigenvalue weighted by Crippen LogP contribution is -2.19. The molecule has 3 atom stereocenters. The standard InChI is InChI=1S/C17H24O3/c1-3-4-5-6-7-8-9-12-16(19)13-10-11-14-17(20)15(2)18/h3,9,12,15-20H,1,4-8H2,2H3/b12-9+/t15-,16-,17+/m0/s1.